The number of hydrogen-bond acceptors (Lipinski definition) is 1. The van der Waals surface area contributed by atoms with E-state index < -0.39 is 0 Å². The van der Waals surface area contributed by atoms with Gasteiger partial charge >= 0.3 is 0 Å². The molecule has 0 saturated carbocycles. The number of halogens is 2. The molecule has 11 heavy (non-hydrogen) atoms. The van der Waals surface area contributed by atoms with Gasteiger partial charge in [0.05, 0.1) is 0 Å². The second-order valence-electron chi connectivity index (χ2n) is 1.93. The van der Waals surface area contributed by atoms with Gasteiger partial charge in [0, 0.05) is 26.2 Å². The van der Waals surface area contributed by atoms with E-state index >= 15 is 0 Å². The van der Waals surface area contributed by atoms with Crippen LogP contribution in [0.15, 0.2) is 28.7 Å². The highest BCUT2D eigenvalue weighted by Gasteiger charge is 2.00. The van der Waals surface area contributed by atoms with Crippen molar-refractivity contribution in [2.75, 3.05) is 0 Å². The predicted octanol–water partition coefficient (Wildman–Crippen LogP) is 2.49. The summed E-state index contributed by atoms with van der Waals surface area (Å²) in [5.74, 6) is -0.141. The van der Waals surface area contributed by atoms with Crippen molar-refractivity contribution in [3.63, 3.8) is 0 Å². The molecular formula is C7H5Br2NO. The van der Waals surface area contributed by atoms with Crippen LogP contribution in [-0.4, -0.2) is 5.91 Å². The average molecular weight is 279 g/mol. The quantitative estimate of drug-likeness (QED) is 0.786. The van der Waals surface area contributed by atoms with Gasteiger partial charge < -0.3 is 0 Å². The number of benzene rings is 1. The Morgan fingerprint density at radius 1 is 1.27 bits per heavy atom. The Labute approximate surface area is 81.5 Å². The predicted molar refractivity (Wildman–Crippen MR) is 50.5 cm³/mol. The minimum absolute atomic E-state index is 0.141. The largest absolute Gasteiger partial charge is 0.289 e. The Hall–Kier alpha value is -0.350. The third-order valence-corrected chi connectivity index (χ3v) is 2.08. The molecular weight excluding hydrogens is 274 g/mol. The van der Waals surface area contributed by atoms with Crippen molar-refractivity contribution in [3.8, 4) is 0 Å². The van der Waals surface area contributed by atoms with Gasteiger partial charge in [-0.05, 0) is 24.3 Å². The molecule has 1 amide bonds. The zero-order valence-electron chi connectivity index (χ0n) is 5.47. The van der Waals surface area contributed by atoms with Gasteiger partial charge in [-0.15, -0.1) is 0 Å². The molecule has 0 unspecified atom stereocenters. The van der Waals surface area contributed by atoms with Crippen molar-refractivity contribution < 1.29 is 4.79 Å². The molecule has 0 heterocycles. The van der Waals surface area contributed by atoms with Crippen molar-refractivity contribution in [3.05, 3.63) is 34.3 Å². The number of carbonyl (C=O) groups is 1. The zero-order chi connectivity index (χ0) is 8.27. The van der Waals surface area contributed by atoms with Crippen LogP contribution in [-0.2, 0) is 0 Å². The Bertz CT molecular complexity index is 258. The maximum atomic E-state index is 11.0. The maximum Gasteiger partial charge on any atom is 0.261 e. The van der Waals surface area contributed by atoms with Gasteiger partial charge in [0.2, 0.25) is 0 Å². The van der Waals surface area contributed by atoms with E-state index in [9.17, 15) is 4.79 Å². The lowest BCUT2D eigenvalue weighted by Gasteiger charge is -1.96. The van der Waals surface area contributed by atoms with Crippen molar-refractivity contribution >= 4 is 38.0 Å². The number of carbonyl (C=O) groups excluding carboxylic acids is 1. The monoisotopic (exact) mass is 277 g/mol. The number of rotatable bonds is 1. The molecule has 0 aromatic heterocycles. The second kappa shape index (κ2) is 3.88. The van der Waals surface area contributed by atoms with Crippen LogP contribution in [0.3, 0.4) is 0 Å². The van der Waals surface area contributed by atoms with Gasteiger partial charge in [-0.2, -0.15) is 0 Å². The number of nitrogens with one attached hydrogen (secondary N) is 1. The molecule has 0 aliphatic heterocycles. The van der Waals surface area contributed by atoms with Crippen LogP contribution in [0.1, 0.15) is 10.4 Å². The molecule has 0 fully saturated rings. The first-order valence-electron chi connectivity index (χ1n) is 2.90. The summed E-state index contributed by atoms with van der Waals surface area (Å²) in [5.41, 5.74) is 0.630. The zero-order valence-corrected chi connectivity index (χ0v) is 8.65. The Morgan fingerprint density at radius 2 is 1.82 bits per heavy atom. The van der Waals surface area contributed by atoms with Gasteiger partial charge in [0.15, 0.2) is 0 Å². The van der Waals surface area contributed by atoms with Gasteiger partial charge in [0.1, 0.15) is 0 Å². The molecule has 0 aliphatic carbocycles. The fourth-order valence-corrected chi connectivity index (χ4v) is 1.15. The van der Waals surface area contributed by atoms with Crippen molar-refractivity contribution in [1.29, 1.82) is 0 Å². The van der Waals surface area contributed by atoms with E-state index in [0.29, 0.717) is 5.56 Å². The first-order valence-corrected chi connectivity index (χ1v) is 4.49. The van der Waals surface area contributed by atoms with Crippen LogP contribution < -0.4 is 4.34 Å². The Balaban J connectivity index is 2.90. The standard InChI is InChI=1S/C7H5Br2NO/c8-6-3-1-5(2-4-6)7(11)10-9/h1-4H,(H,10,11). The lowest BCUT2D eigenvalue weighted by Crippen LogP contribution is -2.11. The summed E-state index contributed by atoms with van der Waals surface area (Å²) in [4.78, 5) is 11.0. The van der Waals surface area contributed by atoms with E-state index in [1.807, 2.05) is 12.1 Å². The molecule has 1 rings (SSSR count). The summed E-state index contributed by atoms with van der Waals surface area (Å²) >= 11 is 6.13. The summed E-state index contributed by atoms with van der Waals surface area (Å²) in [6.07, 6.45) is 0. The van der Waals surface area contributed by atoms with E-state index in [4.69, 9.17) is 0 Å². The van der Waals surface area contributed by atoms with E-state index in [-0.39, 0.29) is 5.91 Å². The van der Waals surface area contributed by atoms with Crippen LogP contribution in [0.2, 0.25) is 0 Å². The first-order chi connectivity index (χ1) is 5.24. The summed E-state index contributed by atoms with van der Waals surface area (Å²) < 4.78 is 3.32. The van der Waals surface area contributed by atoms with Crippen LogP contribution in [0, 0.1) is 0 Å². The highest BCUT2D eigenvalue weighted by molar-refractivity contribution is 9.10. The third kappa shape index (κ3) is 2.31. The van der Waals surface area contributed by atoms with Crippen LogP contribution in [0.5, 0.6) is 0 Å². The SMILES string of the molecule is O=C(NBr)c1ccc(Br)cc1. The molecule has 58 valence electrons. The lowest BCUT2D eigenvalue weighted by molar-refractivity contribution is 0.0986. The molecule has 0 radical (unpaired) electrons. The molecule has 0 aliphatic rings. The third-order valence-electron chi connectivity index (χ3n) is 1.19. The fraction of sp³-hybridized carbons (Fsp3) is 0. The van der Waals surface area contributed by atoms with Gasteiger partial charge in [-0.3, -0.25) is 9.14 Å². The smallest absolute Gasteiger partial charge is 0.261 e. The summed E-state index contributed by atoms with van der Waals surface area (Å²) in [6.45, 7) is 0. The Kier molecular flexibility index (Phi) is 3.08. The van der Waals surface area contributed by atoms with Crippen LogP contribution >= 0.6 is 32.1 Å². The minimum Gasteiger partial charge on any atom is -0.289 e. The first kappa shape index (κ1) is 8.74. The molecule has 0 atom stereocenters. The fourth-order valence-electron chi connectivity index (χ4n) is 0.656. The highest BCUT2D eigenvalue weighted by Crippen LogP contribution is 2.10. The Morgan fingerprint density at radius 3 is 2.27 bits per heavy atom. The molecule has 1 N–H and O–H groups in total. The topological polar surface area (TPSA) is 29.1 Å². The maximum absolute atomic E-state index is 11.0. The molecule has 4 heteroatoms. The van der Waals surface area contributed by atoms with Crippen LogP contribution in [0.4, 0.5) is 0 Å². The molecule has 0 bridgehead atoms. The van der Waals surface area contributed by atoms with Gasteiger partial charge in [0.25, 0.3) is 5.91 Å². The summed E-state index contributed by atoms with van der Waals surface area (Å²) in [6, 6.07) is 7.11. The number of hydrogen-bond donors (Lipinski definition) is 1. The summed E-state index contributed by atoms with van der Waals surface area (Å²) in [5, 5.41) is 0. The van der Waals surface area contributed by atoms with Gasteiger partial charge in [-0.1, -0.05) is 15.9 Å². The van der Waals surface area contributed by atoms with Crippen molar-refractivity contribution in [1.82, 2.24) is 4.34 Å². The second-order valence-corrected chi connectivity index (χ2v) is 3.24. The molecule has 0 saturated heterocycles. The van der Waals surface area contributed by atoms with Crippen molar-refractivity contribution in [2.24, 2.45) is 0 Å². The van der Waals surface area contributed by atoms with E-state index in [1.165, 1.54) is 0 Å². The van der Waals surface area contributed by atoms with E-state index in [1.54, 1.807) is 12.1 Å². The average Bonchev–Trinajstić information content (AvgIpc) is 2.05. The highest BCUT2D eigenvalue weighted by atomic mass is 79.9. The molecule has 0 spiro atoms. The molecule has 2 nitrogen and oxygen atoms in total. The minimum atomic E-state index is -0.141. The number of amides is 1. The van der Waals surface area contributed by atoms with Gasteiger partial charge in [-0.25, -0.2) is 0 Å². The molecule has 1 aromatic carbocycles. The van der Waals surface area contributed by atoms with Crippen molar-refractivity contribution in [2.45, 2.75) is 0 Å². The lowest BCUT2D eigenvalue weighted by atomic mass is 10.2. The van der Waals surface area contributed by atoms with Crippen LogP contribution in [0.25, 0.3) is 0 Å². The van der Waals surface area contributed by atoms with E-state index in [2.05, 4.69) is 36.4 Å². The summed E-state index contributed by atoms with van der Waals surface area (Å²) in [7, 11) is 0. The normalized spacial score (nSPS) is 9.27. The molecule has 1 aromatic rings. The van der Waals surface area contributed by atoms with E-state index in [0.717, 1.165) is 4.47 Å².